The maximum Gasteiger partial charge on any atom is 0.307 e. The number of aliphatic carboxylic acids is 1. The minimum atomic E-state index is -3.25. The lowest BCUT2D eigenvalue weighted by Crippen LogP contribution is -2.47. The van der Waals surface area contributed by atoms with Gasteiger partial charge in [0.2, 0.25) is 5.91 Å². The van der Waals surface area contributed by atoms with Crippen LogP contribution in [0.3, 0.4) is 0 Å². The van der Waals surface area contributed by atoms with E-state index in [1.165, 1.54) is 6.42 Å². The predicted octanol–water partition coefficient (Wildman–Crippen LogP) is 3.85. The Bertz CT molecular complexity index is 897. The van der Waals surface area contributed by atoms with Gasteiger partial charge in [-0.15, -0.1) is 0 Å². The van der Waals surface area contributed by atoms with Gasteiger partial charge < -0.3 is 15.3 Å². The highest BCUT2D eigenvalue weighted by Crippen LogP contribution is 2.35. The Balaban J connectivity index is 1.16. The molecule has 4 aliphatic carbocycles. The third kappa shape index (κ3) is 8.15. The van der Waals surface area contributed by atoms with Crippen molar-refractivity contribution in [2.24, 2.45) is 23.7 Å². The van der Waals surface area contributed by atoms with E-state index in [0.29, 0.717) is 76.4 Å². The van der Waals surface area contributed by atoms with Gasteiger partial charge in [0.05, 0.1) is 35.5 Å². The van der Waals surface area contributed by atoms with Crippen LogP contribution in [0.1, 0.15) is 103 Å². The molecule has 0 spiro atoms. The number of hydrogen-bond donors (Lipinski definition) is 4. The molecule has 4 rings (SSSR count). The molecule has 1 amide bonds. The van der Waals surface area contributed by atoms with Gasteiger partial charge in [-0.25, -0.2) is 13.3 Å². The molecule has 0 aromatic rings. The summed E-state index contributed by atoms with van der Waals surface area (Å²) in [6.45, 7) is 0.917. The fourth-order valence-electron chi connectivity index (χ4n) is 7.46. The second-order valence-electron chi connectivity index (χ2n) is 12.4. The van der Waals surface area contributed by atoms with Crippen molar-refractivity contribution in [3.8, 4) is 0 Å². The van der Waals surface area contributed by atoms with Crippen molar-refractivity contribution in [2.45, 2.75) is 125 Å². The van der Waals surface area contributed by atoms with E-state index in [1.807, 2.05) is 0 Å². The molecular formula is C28H48N2O8S. The summed E-state index contributed by atoms with van der Waals surface area (Å²) in [5, 5.41) is 20.7. The molecular weight excluding hydrogens is 524 g/mol. The fourth-order valence-corrected chi connectivity index (χ4v) is 9.86. The highest BCUT2D eigenvalue weighted by Gasteiger charge is 2.40. The van der Waals surface area contributed by atoms with E-state index < -0.39 is 27.6 Å². The van der Waals surface area contributed by atoms with Crippen LogP contribution in [-0.2, 0) is 29.2 Å². The monoisotopic (exact) mass is 572 g/mol. The Morgan fingerprint density at radius 3 is 1.77 bits per heavy atom. The number of amides is 1. The lowest BCUT2D eigenvalue weighted by atomic mass is 9.78. The van der Waals surface area contributed by atoms with E-state index in [9.17, 15) is 23.1 Å². The third-order valence-electron chi connectivity index (χ3n) is 9.95. The first-order chi connectivity index (χ1) is 18.8. The Hall–Kier alpha value is -1.27. The Morgan fingerprint density at radius 2 is 1.21 bits per heavy atom. The van der Waals surface area contributed by atoms with Crippen molar-refractivity contribution in [1.82, 2.24) is 10.8 Å². The number of rotatable bonds is 11. The van der Waals surface area contributed by atoms with Crippen molar-refractivity contribution in [3.05, 3.63) is 0 Å². The van der Waals surface area contributed by atoms with E-state index in [4.69, 9.17) is 10.1 Å². The molecule has 0 aromatic heterocycles. The van der Waals surface area contributed by atoms with Gasteiger partial charge in [0.15, 0.2) is 9.84 Å². The first-order valence-corrected chi connectivity index (χ1v) is 16.8. The molecule has 0 heterocycles. The molecule has 0 bridgehead atoms. The Kier molecular flexibility index (Phi) is 11.5. The summed E-state index contributed by atoms with van der Waals surface area (Å²) in [5.41, 5.74) is 3.17. The van der Waals surface area contributed by atoms with Crippen molar-refractivity contribution >= 4 is 21.7 Å². The molecule has 0 aliphatic heterocycles. The molecule has 4 unspecified atom stereocenters. The number of hydroxylamine groups is 1. The van der Waals surface area contributed by atoms with Crippen LogP contribution in [0.5, 0.6) is 0 Å². The molecule has 4 aliphatic rings. The molecule has 4 atom stereocenters. The number of carboxylic acid groups (broad SMARTS) is 1. The molecule has 39 heavy (non-hydrogen) atoms. The summed E-state index contributed by atoms with van der Waals surface area (Å²) in [4.78, 5) is 34.6. The normalized spacial score (nSPS) is 36.2. The van der Waals surface area contributed by atoms with Crippen molar-refractivity contribution in [2.75, 3.05) is 13.2 Å². The molecule has 0 aromatic carbocycles. The van der Waals surface area contributed by atoms with E-state index >= 15 is 0 Å². The maximum absolute atomic E-state index is 13.4. The fraction of sp³-hybridized carbons (Fsp3) is 0.929. The van der Waals surface area contributed by atoms with Gasteiger partial charge in [-0.05, 0) is 88.9 Å². The molecule has 4 saturated carbocycles. The molecule has 4 fully saturated rings. The van der Waals surface area contributed by atoms with Gasteiger partial charge in [0, 0.05) is 12.1 Å². The first kappa shape index (κ1) is 30.7. The smallest absolute Gasteiger partial charge is 0.307 e. The van der Waals surface area contributed by atoms with Crippen LogP contribution in [0.25, 0.3) is 0 Å². The Labute approximate surface area is 232 Å². The summed E-state index contributed by atoms with van der Waals surface area (Å²) in [5.74, 6) is -1.51. The number of carbonyl (C=O) groups excluding carboxylic acids is 1. The second-order valence-corrected chi connectivity index (χ2v) is 14.9. The van der Waals surface area contributed by atoms with Gasteiger partial charge in [0.1, 0.15) is 0 Å². The van der Waals surface area contributed by atoms with Gasteiger partial charge in [-0.3, -0.25) is 14.8 Å². The lowest BCUT2D eigenvalue weighted by molar-refractivity contribution is -0.256. The highest BCUT2D eigenvalue weighted by molar-refractivity contribution is 7.92. The second kappa shape index (κ2) is 14.6. The van der Waals surface area contributed by atoms with Crippen LogP contribution in [-0.4, -0.2) is 66.5 Å². The average Bonchev–Trinajstić information content (AvgIpc) is 2.94. The largest absolute Gasteiger partial charge is 0.481 e. The van der Waals surface area contributed by atoms with Crippen LogP contribution in [0.4, 0.5) is 0 Å². The van der Waals surface area contributed by atoms with Gasteiger partial charge in [0.25, 0.3) is 0 Å². The number of sulfone groups is 1. The molecule has 224 valence electrons. The molecule has 10 nitrogen and oxygen atoms in total. The Morgan fingerprint density at radius 1 is 0.692 bits per heavy atom. The summed E-state index contributed by atoms with van der Waals surface area (Å²) >= 11 is 0. The van der Waals surface area contributed by atoms with E-state index in [1.54, 1.807) is 0 Å². The zero-order valence-electron chi connectivity index (χ0n) is 23.1. The van der Waals surface area contributed by atoms with Crippen LogP contribution in [0.15, 0.2) is 0 Å². The maximum atomic E-state index is 13.4. The van der Waals surface area contributed by atoms with Crippen LogP contribution < -0.4 is 10.8 Å². The summed E-state index contributed by atoms with van der Waals surface area (Å²) in [7, 11) is -3.25. The van der Waals surface area contributed by atoms with Gasteiger partial charge >= 0.3 is 5.97 Å². The molecule has 4 N–H and O–H groups in total. The van der Waals surface area contributed by atoms with E-state index in [-0.39, 0.29) is 28.5 Å². The van der Waals surface area contributed by atoms with Crippen molar-refractivity contribution in [1.29, 1.82) is 0 Å². The first-order valence-electron chi connectivity index (χ1n) is 15.2. The van der Waals surface area contributed by atoms with Gasteiger partial charge in [-0.1, -0.05) is 25.7 Å². The minimum absolute atomic E-state index is 0.0786. The minimum Gasteiger partial charge on any atom is -0.481 e. The lowest BCUT2D eigenvalue weighted by Gasteiger charge is -2.35. The third-order valence-corrected chi connectivity index (χ3v) is 12.7. The standard InChI is InChI=1S/C28H48N2O8S/c31-27(25-7-3-4-8-26(25)28(32)33)29-21-9-13-23(14-10-21)39(35,36)24-15-11-22(12-16-24)30-37-17-19-5-1-2-6-20(19)18-38-34/h19-26,30,34H,1-18H2,(H,29,31)(H,32,33). The summed E-state index contributed by atoms with van der Waals surface area (Å²) in [6, 6.07) is 0.0676. The molecule has 0 saturated heterocycles. The number of carboxylic acids is 1. The average molecular weight is 573 g/mol. The predicted molar refractivity (Wildman–Crippen MR) is 145 cm³/mol. The summed E-state index contributed by atoms with van der Waals surface area (Å²) in [6.07, 6.45) is 12.4. The van der Waals surface area contributed by atoms with Crippen molar-refractivity contribution < 1.29 is 38.1 Å². The number of nitrogens with one attached hydrogen (secondary N) is 2. The summed E-state index contributed by atoms with van der Waals surface area (Å²) < 4.78 is 26.8. The van der Waals surface area contributed by atoms with E-state index in [0.717, 1.165) is 44.9 Å². The van der Waals surface area contributed by atoms with Crippen molar-refractivity contribution in [3.63, 3.8) is 0 Å². The highest BCUT2D eigenvalue weighted by atomic mass is 32.2. The van der Waals surface area contributed by atoms with E-state index in [2.05, 4.69) is 15.7 Å². The number of carbonyl (C=O) groups is 2. The van der Waals surface area contributed by atoms with Gasteiger partial charge in [-0.2, -0.15) is 5.48 Å². The van der Waals surface area contributed by atoms with Crippen LogP contribution in [0.2, 0.25) is 0 Å². The van der Waals surface area contributed by atoms with Crippen LogP contribution in [0, 0.1) is 23.7 Å². The molecule has 11 heteroatoms. The molecule has 0 radical (unpaired) electrons. The van der Waals surface area contributed by atoms with Crippen LogP contribution >= 0.6 is 0 Å². The quantitative estimate of drug-likeness (QED) is 0.214. The number of hydrogen-bond acceptors (Lipinski definition) is 8. The zero-order chi connectivity index (χ0) is 27.8. The zero-order valence-corrected chi connectivity index (χ0v) is 23.9. The topological polar surface area (TPSA) is 151 Å². The SMILES string of the molecule is O=C(O)C1CCCCC1C(=O)NC1CCC(S(=O)(=O)C2CCC(NOCC3CCCCC3COO)CC2)CC1.